The average molecular weight is 198 g/mol. The first kappa shape index (κ1) is 12.0. The van der Waals surface area contributed by atoms with Crippen molar-refractivity contribution in [2.24, 2.45) is 29.2 Å². The summed E-state index contributed by atoms with van der Waals surface area (Å²) in [6, 6.07) is 0.470. The van der Waals surface area contributed by atoms with E-state index in [4.69, 9.17) is 11.5 Å². The normalized spacial score (nSPS) is 39.0. The number of nitrogens with two attached hydrogens (primary N) is 2. The van der Waals surface area contributed by atoms with Crippen LogP contribution in [0.3, 0.4) is 0 Å². The molecule has 0 spiro atoms. The van der Waals surface area contributed by atoms with Crippen LogP contribution in [-0.4, -0.2) is 12.1 Å². The van der Waals surface area contributed by atoms with E-state index in [1.807, 2.05) is 0 Å². The smallest absolute Gasteiger partial charge is 0.0221 e. The molecule has 4 unspecified atom stereocenters. The second-order valence-corrected chi connectivity index (χ2v) is 5.38. The Kier molecular flexibility index (Phi) is 4.39. The van der Waals surface area contributed by atoms with Crippen LogP contribution < -0.4 is 11.5 Å². The predicted molar refractivity (Wildman–Crippen MR) is 61.9 cm³/mol. The Morgan fingerprint density at radius 1 is 1.21 bits per heavy atom. The van der Waals surface area contributed by atoms with Crippen LogP contribution in [-0.2, 0) is 0 Å². The van der Waals surface area contributed by atoms with Gasteiger partial charge in [-0.3, -0.25) is 0 Å². The lowest BCUT2D eigenvalue weighted by atomic mass is 9.72. The van der Waals surface area contributed by atoms with E-state index in [1.165, 1.54) is 19.3 Å². The standard InChI is InChI=1S/C12H26N2/c1-4-9-6-10(5-8(2)3)12(14)11(13)7-9/h8-12H,4-7,13-14H2,1-3H3. The zero-order valence-corrected chi connectivity index (χ0v) is 9.87. The molecule has 2 heteroatoms. The molecule has 0 aliphatic heterocycles. The molecule has 1 aliphatic carbocycles. The van der Waals surface area contributed by atoms with Crippen LogP contribution in [0.25, 0.3) is 0 Å². The summed E-state index contributed by atoms with van der Waals surface area (Å²) in [6.45, 7) is 6.81. The summed E-state index contributed by atoms with van der Waals surface area (Å²) in [5.41, 5.74) is 12.2. The summed E-state index contributed by atoms with van der Waals surface area (Å²) < 4.78 is 0. The molecule has 1 rings (SSSR count). The van der Waals surface area contributed by atoms with Crippen molar-refractivity contribution < 1.29 is 0 Å². The molecule has 4 atom stereocenters. The molecule has 84 valence electrons. The third-order valence-electron chi connectivity index (χ3n) is 3.63. The molecule has 0 bridgehead atoms. The van der Waals surface area contributed by atoms with Crippen LogP contribution in [0.15, 0.2) is 0 Å². The summed E-state index contributed by atoms with van der Waals surface area (Å²) in [7, 11) is 0. The minimum atomic E-state index is 0.234. The van der Waals surface area contributed by atoms with Gasteiger partial charge in [0.2, 0.25) is 0 Å². The molecule has 0 aromatic rings. The average Bonchev–Trinajstić information content (AvgIpc) is 2.11. The second-order valence-electron chi connectivity index (χ2n) is 5.38. The zero-order chi connectivity index (χ0) is 10.7. The van der Waals surface area contributed by atoms with E-state index in [0.29, 0.717) is 5.92 Å². The second kappa shape index (κ2) is 5.13. The van der Waals surface area contributed by atoms with E-state index < -0.39 is 0 Å². The Morgan fingerprint density at radius 3 is 2.36 bits per heavy atom. The van der Waals surface area contributed by atoms with Crippen LogP contribution in [0.4, 0.5) is 0 Å². The van der Waals surface area contributed by atoms with Crippen molar-refractivity contribution in [2.75, 3.05) is 0 Å². The van der Waals surface area contributed by atoms with Gasteiger partial charge in [-0.25, -0.2) is 0 Å². The van der Waals surface area contributed by atoms with Crippen molar-refractivity contribution in [3.8, 4) is 0 Å². The maximum Gasteiger partial charge on any atom is 0.0221 e. The van der Waals surface area contributed by atoms with Gasteiger partial charge in [0.15, 0.2) is 0 Å². The zero-order valence-electron chi connectivity index (χ0n) is 9.87. The summed E-state index contributed by atoms with van der Waals surface area (Å²) in [6.07, 6.45) is 4.93. The molecular weight excluding hydrogens is 172 g/mol. The van der Waals surface area contributed by atoms with Gasteiger partial charge in [-0.1, -0.05) is 27.2 Å². The van der Waals surface area contributed by atoms with Crippen LogP contribution >= 0.6 is 0 Å². The fourth-order valence-electron chi connectivity index (χ4n) is 2.77. The van der Waals surface area contributed by atoms with Crippen molar-refractivity contribution in [2.45, 2.75) is 58.5 Å². The molecule has 0 amide bonds. The van der Waals surface area contributed by atoms with Crippen molar-refractivity contribution >= 4 is 0 Å². The molecular formula is C12H26N2. The monoisotopic (exact) mass is 198 g/mol. The molecule has 0 heterocycles. The molecule has 2 nitrogen and oxygen atoms in total. The lowest BCUT2D eigenvalue weighted by molar-refractivity contribution is 0.179. The van der Waals surface area contributed by atoms with Crippen LogP contribution in [0.2, 0.25) is 0 Å². The molecule has 0 aromatic carbocycles. The van der Waals surface area contributed by atoms with Crippen molar-refractivity contribution in [1.82, 2.24) is 0 Å². The molecule has 1 saturated carbocycles. The topological polar surface area (TPSA) is 52.0 Å². The Hall–Kier alpha value is -0.0800. The van der Waals surface area contributed by atoms with Gasteiger partial charge in [-0.15, -0.1) is 0 Å². The third kappa shape index (κ3) is 2.96. The molecule has 14 heavy (non-hydrogen) atoms. The molecule has 1 fully saturated rings. The summed E-state index contributed by atoms with van der Waals surface area (Å²) in [5.74, 6) is 2.21. The lowest BCUT2D eigenvalue weighted by Gasteiger charge is -2.39. The Labute approximate surface area is 88.4 Å². The van der Waals surface area contributed by atoms with Crippen LogP contribution in [0.5, 0.6) is 0 Å². The van der Waals surface area contributed by atoms with Gasteiger partial charge in [0, 0.05) is 12.1 Å². The molecule has 0 aromatic heterocycles. The molecule has 1 aliphatic rings. The van der Waals surface area contributed by atoms with Gasteiger partial charge in [-0.2, -0.15) is 0 Å². The minimum Gasteiger partial charge on any atom is -0.326 e. The first-order chi connectivity index (χ1) is 6.54. The van der Waals surface area contributed by atoms with Gasteiger partial charge in [0.05, 0.1) is 0 Å². The molecule has 4 N–H and O–H groups in total. The maximum absolute atomic E-state index is 6.16. The quantitative estimate of drug-likeness (QED) is 0.730. The number of hydrogen-bond donors (Lipinski definition) is 2. The third-order valence-corrected chi connectivity index (χ3v) is 3.63. The fraction of sp³-hybridized carbons (Fsp3) is 1.00. The minimum absolute atomic E-state index is 0.234. The van der Waals surface area contributed by atoms with E-state index in [1.54, 1.807) is 0 Å². The summed E-state index contributed by atoms with van der Waals surface area (Å²) in [5, 5.41) is 0. The van der Waals surface area contributed by atoms with Crippen molar-refractivity contribution in [1.29, 1.82) is 0 Å². The van der Waals surface area contributed by atoms with Crippen LogP contribution in [0.1, 0.15) is 46.5 Å². The Bertz CT molecular complexity index is 168. The van der Waals surface area contributed by atoms with Gasteiger partial charge in [0.25, 0.3) is 0 Å². The van der Waals surface area contributed by atoms with Gasteiger partial charge in [-0.05, 0) is 37.0 Å². The summed E-state index contributed by atoms with van der Waals surface area (Å²) in [4.78, 5) is 0. The highest BCUT2D eigenvalue weighted by atomic mass is 14.8. The lowest BCUT2D eigenvalue weighted by Crippen LogP contribution is -2.51. The predicted octanol–water partition coefficient (Wildman–Crippen LogP) is 2.12. The SMILES string of the molecule is CCC1CC(N)C(N)C(CC(C)C)C1. The van der Waals surface area contributed by atoms with Gasteiger partial charge < -0.3 is 11.5 Å². The van der Waals surface area contributed by atoms with E-state index in [-0.39, 0.29) is 12.1 Å². The molecule has 0 saturated heterocycles. The van der Waals surface area contributed by atoms with Crippen molar-refractivity contribution in [3.05, 3.63) is 0 Å². The Balaban J connectivity index is 2.53. The largest absolute Gasteiger partial charge is 0.326 e. The highest BCUT2D eigenvalue weighted by Crippen LogP contribution is 2.33. The van der Waals surface area contributed by atoms with Gasteiger partial charge in [0.1, 0.15) is 0 Å². The Morgan fingerprint density at radius 2 is 1.86 bits per heavy atom. The number of hydrogen-bond acceptors (Lipinski definition) is 2. The summed E-state index contributed by atoms with van der Waals surface area (Å²) >= 11 is 0. The van der Waals surface area contributed by atoms with Crippen LogP contribution in [0, 0.1) is 17.8 Å². The van der Waals surface area contributed by atoms with Crippen molar-refractivity contribution in [3.63, 3.8) is 0 Å². The molecule has 0 radical (unpaired) electrons. The van der Waals surface area contributed by atoms with E-state index >= 15 is 0 Å². The van der Waals surface area contributed by atoms with E-state index in [9.17, 15) is 0 Å². The van der Waals surface area contributed by atoms with E-state index in [2.05, 4.69) is 20.8 Å². The first-order valence-electron chi connectivity index (χ1n) is 6.05. The number of rotatable bonds is 3. The maximum atomic E-state index is 6.16. The highest BCUT2D eigenvalue weighted by molar-refractivity contribution is 4.91. The first-order valence-corrected chi connectivity index (χ1v) is 6.05. The van der Waals surface area contributed by atoms with Gasteiger partial charge >= 0.3 is 0 Å². The highest BCUT2D eigenvalue weighted by Gasteiger charge is 2.32. The fourth-order valence-corrected chi connectivity index (χ4v) is 2.77. The van der Waals surface area contributed by atoms with E-state index in [0.717, 1.165) is 18.3 Å².